The third-order valence-corrected chi connectivity index (χ3v) is 10.0. The van der Waals surface area contributed by atoms with Crippen LogP contribution in [0.25, 0.3) is 0 Å². The molecule has 1 fully saturated rings. The minimum Gasteiger partial charge on any atom is -0.457 e. The van der Waals surface area contributed by atoms with Gasteiger partial charge in [-0.1, -0.05) is 27.7 Å². The summed E-state index contributed by atoms with van der Waals surface area (Å²) in [5.74, 6) is -4.05. The van der Waals surface area contributed by atoms with E-state index in [2.05, 4.69) is 16.8 Å². The van der Waals surface area contributed by atoms with Crippen LogP contribution in [-0.2, 0) is 38.1 Å². The van der Waals surface area contributed by atoms with Crippen molar-refractivity contribution in [2.45, 2.75) is 123 Å². The van der Waals surface area contributed by atoms with Gasteiger partial charge in [0.2, 0.25) is 0 Å². The van der Waals surface area contributed by atoms with Gasteiger partial charge in [-0.3, -0.25) is 14.4 Å². The number of hydrogen-bond donors (Lipinski definition) is 0. The quantitative estimate of drug-likeness (QED) is 0.306. The molecule has 0 amide bonds. The average molecular weight is 662 g/mol. The third-order valence-electron chi connectivity index (χ3n) is 10.0. The molecule has 0 spiro atoms. The largest absolute Gasteiger partial charge is 0.457 e. The molecule has 0 radical (unpaired) electrons. The standard InChI is InChI=1S/C35H55N3O9/c1-13-27-34(8,47-33(42)38-15-14-36-19-38)17-20(2)28(39)21(3)18-35(9,43-12)30(24(6)29(40)25(7)31(41)45-27)46-32-23(5)26(37(10)11)16-22(4)44-32/h14-15,17,19,21-27,30,32H,13,16,18H2,1-12H3/b20-17+/t21-,22?,23?,24+,25-,26?,27-,30-,32+,34+,35-/m1/s1. The summed E-state index contributed by atoms with van der Waals surface area (Å²) in [4.78, 5) is 60.9. The highest BCUT2D eigenvalue weighted by molar-refractivity contribution is 6.00. The number of Topliss-reactive ketones (excluding diaryl/α,β-unsaturated/α-hetero) is 2. The molecule has 1 saturated heterocycles. The molecular formula is C35H55N3O9. The summed E-state index contributed by atoms with van der Waals surface area (Å²) in [6.45, 7) is 15.9. The molecular weight excluding hydrogens is 606 g/mol. The van der Waals surface area contributed by atoms with Gasteiger partial charge in [-0.25, -0.2) is 14.3 Å². The minimum absolute atomic E-state index is 0.0441. The molecule has 0 aliphatic carbocycles. The zero-order valence-electron chi connectivity index (χ0n) is 30.1. The lowest BCUT2D eigenvalue weighted by Crippen LogP contribution is -2.57. The molecule has 12 heteroatoms. The maximum absolute atomic E-state index is 14.1. The molecule has 0 N–H and O–H groups in total. The van der Waals surface area contributed by atoms with Crippen molar-refractivity contribution in [1.82, 2.24) is 14.5 Å². The number of methoxy groups -OCH3 is 1. The van der Waals surface area contributed by atoms with Gasteiger partial charge < -0.3 is 28.6 Å². The van der Waals surface area contributed by atoms with Crippen LogP contribution in [0.4, 0.5) is 4.79 Å². The number of carbonyl (C=O) groups is 4. The zero-order chi connectivity index (χ0) is 35.4. The van der Waals surface area contributed by atoms with E-state index in [-0.39, 0.29) is 36.7 Å². The number of imidazole rings is 1. The van der Waals surface area contributed by atoms with Crippen molar-refractivity contribution in [3.63, 3.8) is 0 Å². The minimum atomic E-state index is -1.55. The summed E-state index contributed by atoms with van der Waals surface area (Å²) in [5.41, 5.74) is -2.36. The number of rotatable bonds is 6. The summed E-state index contributed by atoms with van der Waals surface area (Å²) in [7, 11) is 5.57. The molecule has 47 heavy (non-hydrogen) atoms. The number of nitrogens with zero attached hydrogens (tertiary/aromatic N) is 3. The zero-order valence-corrected chi connectivity index (χ0v) is 30.1. The fourth-order valence-corrected chi connectivity index (χ4v) is 7.13. The lowest BCUT2D eigenvalue weighted by Gasteiger charge is -2.47. The first kappa shape index (κ1) is 38.5. The second-order valence-corrected chi connectivity index (χ2v) is 14.1. The predicted octanol–water partition coefficient (Wildman–Crippen LogP) is 4.84. The van der Waals surface area contributed by atoms with E-state index in [1.54, 1.807) is 34.6 Å². The lowest BCUT2D eigenvalue weighted by molar-refractivity contribution is -0.280. The van der Waals surface area contributed by atoms with Crippen LogP contribution in [-0.4, -0.2) is 101 Å². The molecule has 1 aromatic heterocycles. The number of carbonyl (C=O) groups excluding carboxylic acids is 4. The highest BCUT2D eigenvalue weighted by atomic mass is 16.7. The van der Waals surface area contributed by atoms with Crippen molar-refractivity contribution in [1.29, 1.82) is 0 Å². The fraction of sp³-hybridized carbons (Fsp3) is 0.743. The van der Waals surface area contributed by atoms with Crippen molar-refractivity contribution in [3.05, 3.63) is 30.4 Å². The summed E-state index contributed by atoms with van der Waals surface area (Å²) in [6.07, 6.45) is 3.54. The van der Waals surface area contributed by atoms with Crippen molar-refractivity contribution in [3.8, 4) is 0 Å². The number of aromatic nitrogens is 2. The molecule has 12 nitrogen and oxygen atoms in total. The number of ketones is 2. The predicted molar refractivity (Wildman–Crippen MR) is 174 cm³/mol. The molecule has 3 unspecified atom stereocenters. The van der Waals surface area contributed by atoms with E-state index in [0.29, 0.717) is 5.57 Å². The monoisotopic (exact) mass is 661 g/mol. The number of esters is 1. The van der Waals surface area contributed by atoms with Gasteiger partial charge in [0, 0.05) is 43.3 Å². The third kappa shape index (κ3) is 8.57. The van der Waals surface area contributed by atoms with E-state index in [0.717, 1.165) is 11.0 Å². The van der Waals surface area contributed by atoms with Crippen LogP contribution in [0.5, 0.6) is 0 Å². The Bertz CT molecular complexity index is 1300. The van der Waals surface area contributed by atoms with Gasteiger partial charge in [0.05, 0.1) is 17.8 Å². The van der Waals surface area contributed by atoms with Gasteiger partial charge in [0.15, 0.2) is 23.5 Å². The highest BCUT2D eigenvalue weighted by Crippen LogP contribution is 2.38. The Kier molecular flexibility index (Phi) is 12.7. The first-order valence-electron chi connectivity index (χ1n) is 16.6. The molecule has 0 bridgehead atoms. The molecule has 264 valence electrons. The average Bonchev–Trinajstić information content (AvgIpc) is 3.57. The molecule has 11 atom stereocenters. The van der Waals surface area contributed by atoms with Gasteiger partial charge in [-0.15, -0.1) is 0 Å². The molecule has 3 rings (SSSR count). The van der Waals surface area contributed by atoms with E-state index in [1.807, 2.05) is 27.9 Å². The van der Waals surface area contributed by atoms with Crippen LogP contribution in [0.15, 0.2) is 30.4 Å². The normalized spacial score (nSPS) is 39.1. The number of allylic oxidation sites excluding steroid dienone is 1. The summed E-state index contributed by atoms with van der Waals surface area (Å²) < 4.78 is 32.2. The summed E-state index contributed by atoms with van der Waals surface area (Å²) >= 11 is 0. The SMILES string of the molecule is CC[C@H]1OC(=O)[C@H](C)C(=O)[C@H](C)[C@@H](O[C@@H]2OC(C)CC(N(C)C)C2C)[C@](C)(OC)C[C@@H](C)C(=O)/C(C)=C/[C@]1(C)OC(=O)n1ccnc1. The van der Waals surface area contributed by atoms with E-state index < -0.39 is 65.3 Å². The van der Waals surface area contributed by atoms with E-state index in [9.17, 15) is 19.2 Å². The molecule has 0 aromatic carbocycles. The van der Waals surface area contributed by atoms with Gasteiger partial charge >= 0.3 is 12.1 Å². The Hall–Kier alpha value is -2.93. The first-order valence-corrected chi connectivity index (χ1v) is 16.6. The Morgan fingerprint density at radius 2 is 1.79 bits per heavy atom. The Morgan fingerprint density at radius 3 is 2.34 bits per heavy atom. The van der Waals surface area contributed by atoms with Gasteiger partial charge in [-0.05, 0) is 79.6 Å². The van der Waals surface area contributed by atoms with E-state index in [4.69, 9.17) is 23.7 Å². The number of hydrogen-bond acceptors (Lipinski definition) is 11. The highest BCUT2D eigenvalue weighted by Gasteiger charge is 2.49. The molecule has 1 aromatic rings. The Balaban J connectivity index is 2.10. The van der Waals surface area contributed by atoms with Gasteiger partial charge in [0.1, 0.15) is 18.3 Å². The van der Waals surface area contributed by atoms with Gasteiger partial charge in [-0.2, -0.15) is 0 Å². The maximum atomic E-state index is 14.1. The molecule has 0 saturated carbocycles. The molecule has 2 aliphatic heterocycles. The fourth-order valence-electron chi connectivity index (χ4n) is 7.13. The van der Waals surface area contributed by atoms with Crippen molar-refractivity contribution >= 4 is 23.6 Å². The molecule has 2 aliphatic rings. The summed E-state index contributed by atoms with van der Waals surface area (Å²) in [5, 5.41) is 0. The Labute approximate surface area is 279 Å². The smallest absolute Gasteiger partial charge is 0.420 e. The van der Waals surface area contributed by atoms with Crippen LogP contribution in [0.1, 0.15) is 81.6 Å². The van der Waals surface area contributed by atoms with E-state index >= 15 is 0 Å². The maximum Gasteiger partial charge on any atom is 0.420 e. The van der Waals surface area contributed by atoms with Crippen LogP contribution in [0.2, 0.25) is 0 Å². The van der Waals surface area contributed by atoms with Crippen LogP contribution in [0, 0.1) is 23.7 Å². The van der Waals surface area contributed by atoms with E-state index in [1.165, 1.54) is 38.8 Å². The summed E-state index contributed by atoms with van der Waals surface area (Å²) in [6, 6.07) is 0.174. The first-order chi connectivity index (χ1) is 21.9. The topological polar surface area (TPSA) is 135 Å². The van der Waals surface area contributed by atoms with Crippen molar-refractivity contribution in [2.24, 2.45) is 23.7 Å². The lowest BCUT2D eigenvalue weighted by atomic mass is 9.76. The van der Waals surface area contributed by atoms with Crippen molar-refractivity contribution < 1.29 is 42.9 Å². The van der Waals surface area contributed by atoms with Crippen LogP contribution >= 0.6 is 0 Å². The van der Waals surface area contributed by atoms with Crippen LogP contribution < -0.4 is 0 Å². The van der Waals surface area contributed by atoms with Crippen molar-refractivity contribution in [2.75, 3.05) is 21.2 Å². The second kappa shape index (κ2) is 15.5. The Morgan fingerprint density at radius 1 is 1.13 bits per heavy atom. The second-order valence-electron chi connectivity index (χ2n) is 14.1. The number of cyclic esters (lactones) is 1. The number of ether oxygens (including phenoxy) is 5. The van der Waals surface area contributed by atoms with Gasteiger partial charge in [0.25, 0.3) is 0 Å². The molecule has 3 heterocycles. The van der Waals surface area contributed by atoms with Crippen LogP contribution in [0.3, 0.4) is 0 Å².